The topological polar surface area (TPSA) is 75.3 Å². The van der Waals surface area contributed by atoms with Crippen LogP contribution >= 0.6 is 0 Å². The van der Waals surface area contributed by atoms with Crippen molar-refractivity contribution in [2.45, 2.75) is 25.9 Å². The predicted octanol–water partition coefficient (Wildman–Crippen LogP) is 0.339. The molecule has 0 aliphatic rings. The van der Waals surface area contributed by atoms with Crippen LogP contribution in [0.2, 0.25) is 0 Å². The SMILES string of the molecule is CCCC(N)NC(=O)O. The van der Waals surface area contributed by atoms with E-state index < -0.39 is 12.3 Å². The van der Waals surface area contributed by atoms with Crippen LogP contribution in [0, 0.1) is 0 Å². The molecule has 4 heteroatoms. The van der Waals surface area contributed by atoms with Gasteiger partial charge in [-0.1, -0.05) is 13.3 Å². The fourth-order valence-corrected chi connectivity index (χ4v) is 0.542. The molecular weight excluding hydrogens is 120 g/mol. The zero-order valence-electron chi connectivity index (χ0n) is 5.42. The van der Waals surface area contributed by atoms with Crippen LogP contribution in [0.3, 0.4) is 0 Å². The van der Waals surface area contributed by atoms with E-state index in [0.29, 0.717) is 6.42 Å². The highest BCUT2D eigenvalue weighted by Gasteiger charge is 2.01. The number of nitrogens with two attached hydrogens (primary N) is 1. The summed E-state index contributed by atoms with van der Waals surface area (Å²) in [5, 5.41) is 10.3. The molecule has 0 heterocycles. The van der Waals surface area contributed by atoms with Crippen molar-refractivity contribution in [3.8, 4) is 0 Å². The first-order valence-electron chi connectivity index (χ1n) is 2.92. The molecule has 0 aromatic heterocycles. The minimum absolute atomic E-state index is 0.410. The van der Waals surface area contributed by atoms with Crippen LogP contribution in [0.4, 0.5) is 4.79 Å². The monoisotopic (exact) mass is 132 g/mol. The van der Waals surface area contributed by atoms with Gasteiger partial charge < -0.3 is 16.2 Å². The Morgan fingerprint density at radius 2 is 2.44 bits per heavy atom. The summed E-state index contributed by atoms with van der Waals surface area (Å²) in [6.45, 7) is 1.95. The number of hydrogen-bond donors (Lipinski definition) is 3. The van der Waals surface area contributed by atoms with Gasteiger partial charge in [-0.2, -0.15) is 0 Å². The first kappa shape index (κ1) is 8.23. The third kappa shape index (κ3) is 5.10. The molecule has 0 aliphatic heterocycles. The van der Waals surface area contributed by atoms with Gasteiger partial charge in [-0.25, -0.2) is 4.79 Å². The summed E-state index contributed by atoms with van der Waals surface area (Å²) < 4.78 is 0. The van der Waals surface area contributed by atoms with Crippen LogP contribution in [0.25, 0.3) is 0 Å². The van der Waals surface area contributed by atoms with Crippen molar-refractivity contribution in [1.82, 2.24) is 5.32 Å². The van der Waals surface area contributed by atoms with E-state index >= 15 is 0 Å². The molecule has 9 heavy (non-hydrogen) atoms. The van der Waals surface area contributed by atoms with Crippen molar-refractivity contribution in [2.24, 2.45) is 5.73 Å². The van der Waals surface area contributed by atoms with E-state index in [0.717, 1.165) is 6.42 Å². The standard InChI is InChI=1S/C5H12N2O2/c1-2-3-4(6)7-5(8)9/h4,7H,2-3,6H2,1H3,(H,8,9). The highest BCUT2D eigenvalue weighted by atomic mass is 16.4. The normalized spacial score (nSPS) is 12.7. The molecular formula is C5H12N2O2. The van der Waals surface area contributed by atoms with Gasteiger partial charge in [-0.05, 0) is 6.42 Å². The molecule has 0 fully saturated rings. The van der Waals surface area contributed by atoms with Crippen molar-refractivity contribution in [2.75, 3.05) is 0 Å². The van der Waals surface area contributed by atoms with Gasteiger partial charge in [-0.15, -0.1) is 0 Å². The predicted molar refractivity (Wildman–Crippen MR) is 34.0 cm³/mol. The minimum atomic E-state index is -1.06. The lowest BCUT2D eigenvalue weighted by Crippen LogP contribution is -2.40. The first-order chi connectivity index (χ1) is 4.16. The average Bonchev–Trinajstić information content (AvgIpc) is 1.63. The maximum absolute atomic E-state index is 9.89. The van der Waals surface area contributed by atoms with Gasteiger partial charge in [0, 0.05) is 0 Å². The molecule has 4 nitrogen and oxygen atoms in total. The lowest BCUT2D eigenvalue weighted by molar-refractivity contribution is 0.189. The van der Waals surface area contributed by atoms with Crippen molar-refractivity contribution >= 4 is 6.09 Å². The van der Waals surface area contributed by atoms with Crippen LogP contribution in [0.1, 0.15) is 19.8 Å². The Kier molecular flexibility index (Phi) is 3.79. The molecule has 0 spiro atoms. The summed E-state index contributed by atoms with van der Waals surface area (Å²) >= 11 is 0. The van der Waals surface area contributed by atoms with E-state index in [9.17, 15) is 4.79 Å². The Labute approximate surface area is 54.0 Å². The summed E-state index contributed by atoms with van der Waals surface area (Å²) in [4.78, 5) is 9.89. The van der Waals surface area contributed by atoms with E-state index in [4.69, 9.17) is 10.8 Å². The lowest BCUT2D eigenvalue weighted by Gasteiger charge is -2.07. The Hall–Kier alpha value is -0.770. The second kappa shape index (κ2) is 4.14. The van der Waals surface area contributed by atoms with Crippen LogP contribution in [0.5, 0.6) is 0 Å². The molecule has 0 radical (unpaired) electrons. The van der Waals surface area contributed by atoms with Crippen LogP contribution in [-0.4, -0.2) is 17.4 Å². The highest BCUT2D eigenvalue weighted by molar-refractivity contribution is 5.64. The van der Waals surface area contributed by atoms with Crippen LogP contribution < -0.4 is 11.1 Å². The molecule has 0 saturated carbocycles. The number of hydrogen-bond acceptors (Lipinski definition) is 2. The van der Waals surface area contributed by atoms with Gasteiger partial charge >= 0.3 is 6.09 Å². The molecule has 0 aliphatic carbocycles. The van der Waals surface area contributed by atoms with Gasteiger partial charge in [0.1, 0.15) is 0 Å². The van der Waals surface area contributed by atoms with E-state index in [2.05, 4.69) is 5.32 Å². The van der Waals surface area contributed by atoms with E-state index in [1.54, 1.807) is 0 Å². The van der Waals surface area contributed by atoms with Crippen LogP contribution in [0.15, 0.2) is 0 Å². The molecule has 0 aromatic rings. The molecule has 1 atom stereocenters. The Balaban J connectivity index is 3.26. The molecule has 1 unspecified atom stereocenters. The summed E-state index contributed by atoms with van der Waals surface area (Å²) in [6.07, 6.45) is 0.108. The van der Waals surface area contributed by atoms with E-state index in [-0.39, 0.29) is 0 Å². The van der Waals surface area contributed by atoms with Gasteiger partial charge in [0.15, 0.2) is 0 Å². The largest absolute Gasteiger partial charge is 0.465 e. The summed E-state index contributed by atoms with van der Waals surface area (Å²) in [5.41, 5.74) is 5.29. The number of rotatable bonds is 3. The van der Waals surface area contributed by atoms with Gasteiger partial charge in [0.2, 0.25) is 0 Å². The van der Waals surface area contributed by atoms with E-state index in [1.165, 1.54) is 0 Å². The van der Waals surface area contributed by atoms with Crippen molar-refractivity contribution in [1.29, 1.82) is 0 Å². The van der Waals surface area contributed by atoms with Gasteiger partial charge in [0.05, 0.1) is 6.17 Å². The average molecular weight is 132 g/mol. The number of nitrogens with one attached hydrogen (secondary N) is 1. The van der Waals surface area contributed by atoms with E-state index in [1.807, 2.05) is 6.92 Å². The smallest absolute Gasteiger partial charge is 0.405 e. The van der Waals surface area contributed by atoms with Gasteiger partial charge in [-0.3, -0.25) is 0 Å². The third-order valence-corrected chi connectivity index (χ3v) is 0.909. The highest BCUT2D eigenvalue weighted by Crippen LogP contribution is 1.87. The quantitative estimate of drug-likeness (QED) is 0.484. The molecule has 0 rings (SSSR count). The second-order valence-electron chi connectivity index (χ2n) is 1.84. The summed E-state index contributed by atoms with van der Waals surface area (Å²) in [7, 11) is 0. The lowest BCUT2D eigenvalue weighted by atomic mass is 10.3. The molecule has 0 saturated heterocycles. The summed E-state index contributed by atoms with van der Waals surface area (Å²) in [6, 6.07) is 0. The maximum atomic E-state index is 9.89. The zero-order valence-corrected chi connectivity index (χ0v) is 5.42. The van der Waals surface area contributed by atoms with Gasteiger partial charge in [0.25, 0.3) is 0 Å². The number of carbonyl (C=O) groups is 1. The Bertz CT molecular complexity index is 95.0. The maximum Gasteiger partial charge on any atom is 0.405 e. The van der Waals surface area contributed by atoms with Crippen molar-refractivity contribution < 1.29 is 9.90 Å². The molecule has 0 aromatic carbocycles. The zero-order chi connectivity index (χ0) is 7.28. The summed E-state index contributed by atoms with van der Waals surface area (Å²) in [5.74, 6) is 0. The molecule has 4 N–H and O–H groups in total. The van der Waals surface area contributed by atoms with Crippen molar-refractivity contribution in [3.05, 3.63) is 0 Å². The Morgan fingerprint density at radius 3 is 2.78 bits per heavy atom. The first-order valence-corrected chi connectivity index (χ1v) is 2.92. The number of carboxylic acid groups (broad SMARTS) is 1. The fourth-order valence-electron chi connectivity index (χ4n) is 0.542. The molecule has 1 amide bonds. The third-order valence-electron chi connectivity index (χ3n) is 0.909. The van der Waals surface area contributed by atoms with Crippen molar-refractivity contribution in [3.63, 3.8) is 0 Å². The number of amides is 1. The fraction of sp³-hybridized carbons (Fsp3) is 0.800. The molecule has 0 bridgehead atoms. The Morgan fingerprint density at radius 1 is 1.89 bits per heavy atom. The molecule has 54 valence electrons. The second-order valence-corrected chi connectivity index (χ2v) is 1.84. The van der Waals surface area contributed by atoms with Crippen LogP contribution in [-0.2, 0) is 0 Å². The minimum Gasteiger partial charge on any atom is -0.465 e.